The lowest BCUT2D eigenvalue weighted by Gasteiger charge is -2.25. The minimum absolute atomic E-state index is 0.0534. The molecule has 2 N–H and O–H groups in total. The van der Waals surface area contributed by atoms with E-state index in [4.69, 9.17) is 0 Å². The zero-order valence-corrected chi connectivity index (χ0v) is 14.6. The Morgan fingerprint density at radius 3 is 2.60 bits per heavy atom. The van der Waals surface area contributed by atoms with Crippen LogP contribution in [0.2, 0.25) is 0 Å². The van der Waals surface area contributed by atoms with Gasteiger partial charge in [0.05, 0.1) is 17.0 Å². The smallest absolute Gasteiger partial charge is 0.238 e. The molecule has 2 aromatic carbocycles. The zero-order chi connectivity index (χ0) is 17.2. The Hall–Kier alpha value is -2.27. The lowest BCUT2D eigenvalue weighted by atomic mass is 10.0. The van der Waals surface area contributed by atoms with E-state index in [0.717, 1.165) is 29.0 Å². The molecule has 0 aromatic heterocycles. The second-order valence-corrected chi connectivity index (χ2v) is 7.83. The average Bonchev–Trinajstić information content (AvgIpc) is 3.46. The fourth-order valence-electron chi connectivity index (χ4n) is 3.19. The maximum absolute atomic E-state index is 12.6. The van der Waals surface area contributed by atoms with Gasteiger partial charge in [-0.05, 0) is 36.5 Å². The van der Waals surface area contributed by atoms with Gasteiger partial charge in [-0.3, -0.25) is 9.59 Å². The minimum Gasteiger partial charge on any atom is -0.349 e. The summed E-state index contributed by atoms with van der Waals surface area (Å²) in [7, 11) is 0. The van der Waals surface area contributed by atoms with Crippen molar-refractivity contribution >= 4 is 29.3 Å². The third kappa shape index (κ3) is 3.71. The first-order valence-corrected chi connectivity index (χ1v) is 9.49. The van der Waals surface area contributed by atoms with E-state index in [9.17, 15) is 9.59 Å². The van der Waals surface area contributed by atoms with E-state index in [1.165, 1.54) is 11.8 Å². The number of hydrogen-bond donors (Lipinski definition) is 2. The van der Waals surface area contributed by atoms with Gasteiger partial charge in [0.2, 0.25) is 11.8 Å². The standard InChI is InChI=1S/C20H20N2O2S/c23-18(22-19(14-10-11-14)13-6-2-1-3-7-13)12-17-20(24)21-15-8-4-5-9-16(15)25-17/h1-9,14,17,19H,10-12H2,(H,21,24)(H,22,23). The topological polar surface area (TPSA) is 58.2 Å². The van der Waals surface area contributed by atoms with Crippen molar-refractivity contribution in [2.45, 2.75) is 35.4 Å². The fraction of sp³-hybridized carbons (Fsp3) is 0.300. The van der Waals surface area contributed by atoms with Crippen LogP contribution in [0.15, 0.2) is 59.5 Å². The third-order valence-electron chi connectivity index (χ3n) is 4.65. The number of anilines is 1. The van der Waals surface area contributed by atoms with Gasteiger partial charge in [-0.2, -0.15) is 0 Å². The van der Waals surface area contributed by atoms with Gasteiger partial charge in [0, 0.05) is 11.3 Å². The lowest BCUT2D eigenvalue weighted by Crippen LogP contribution is -2.36. The largest absolute Gasteiger partial charge is 0.349 e. The predicted octanol–water partition coefficient (Wildman–Crippen LogP) is 3.76. The van der Waals surface area contributed by atoms with Crippen LogP contribution < -0.4 is 10.6 Å². The van der Waals surface area contributed by atoms with E-state index in [0.29, 0.717) is 5.92 Å². The van der Waals surface area contributed by atoms with Gasteiger partial charge in [-0.1, -0.05) is 42.5 Å². The molecule has 1 aliphatic carbocycles. The van der Waals surface area contributed by atoms with Gasteiger partial charge in [0.1, 0.15) is 0 Å². The molecule has 5 heteroatoms. The molecule has 2 aliphatic rings. The molecule has 2 amide bonds. The van der Waals surface area contributed by atoms with Gasteiger partial charge in [-0.15, -0.1) is 11.8 Å². The molecule has 1 aliphatic heterocycles. The van der Waals surface area contributed by atoms with Crippen molar-refractivity contribution in [3.8, 4) is 0 Å². The van der Waals surface area contributed by atoms with Gasteiger partial charge in [0.15, 0.2) is 0 Å². The Morgan fingerprint density at radius 1 is 1.12 bits per heavy atom. The Kier molecular flexibility index (Phi) is 4.49. The van der Waals surface area contributed by atoms with Crippen molar-refractivity contribution in [1.29, 1.82) is 0 Å². The van der Waals surface area contributed by atoms with Crippen molar-refractivity contribution in [3.05, 3.63) is 60.2 Å². The molecule has 1 fully saturated rings. The number of thioether (sulfide) groups is 1. The van der Waals surface area contributed by atoms with Crippen molar-refractivity contribution in [2.75, 3.05) is 5.32 Å². The lowest BCUT2D eigenvalue weighted by molar-refractivity contribution is -0.124. The first-order valence-electron chi connectivity index (χ1n) is 8.61. The Morgan fingerprint density at radius 2 is 1.84 bits per heavy atom. The summed E-state index contributed by atoms with van der Waals surface area (Å²) in [5, 5.41) is 5.67. The fourth-order valence-corrected chi connectivity index (χ4v) is 4.30. The van der Waals surface area contributed by atoms with E-state index >= 15 is 0 Å². The van der Waals surface area contributed by atoms with Crippen LogP contribution in [0, 0.1) is 5.92 Å². The first-order chi connectivity index (χ1) is 12.2. The van der Waals surface area contributed by atoms with Crippen LogP contribution in [0.3, 0.4) is 0 Å². The number of benzene rings is 2. The molecule has 2 aromatic rings. The first kappa shape index (κ1) is 16.2. The summed E-state index contributed by atoms with van der Waals surface area (Å²) in [6.45, 7) is 0. The van der Waals surface area contributed by atoms with Crippen LogP contribution in [-0.2, 0) is 9.59 Å². The van der Waals surface area contributed by atoms with Crippen LogP contribution in [0.1, 0.15) is 30.9 Å². The number of fused-ring (bicyclic) bond motifs is 1. The van der Waals surface area contributed by atoms with Crippen LogP contribution in [-0.4, -0.2) is 17.1 Å². The van der Waals surface area contributed by atoms with Crippen molar-refractivity contribution in [3.63, 3.8) is 0 Å². The molecule has 1 saturated carbocycles. The molecule has 0 radical (unpaired) electrons. The van der Waals surface area contributed by atoms with E-state index in [1.807, 2.05) is 42.5 Å². The monoisotopic (exact) mass is 352 g/mol. The van der Waals surface area contributed by atoms with Gasteiger partial charge >= 0.3 is 0 Å². The van der Waals surface area contributed by atoms with Crippen LogP contribution in [0.25, 0.3) is 0 Å². The third-order valence-corrected chi connectivity index (χ3v) is 5.92. The summed E-state index contributed by atoms with van der Waals surface area (Å²) in [5.74, 6) is 0.356. The number of carbonyl (C=O) groups excluding carboxylic acids is 2. The maximum atomic E-state index is 12.6. The van der Waals surface area contributed by atoms with Crippen molar-refractivity contribution < 1.29 is 9.59 Å². The second kappa shape index (κ2) is 6.92. The number of nitrogens with one attached hydrogen (secondary N) is 2. The molecule has 4 nitrogen and oxygen atoms in total. The molecule has 4 rings (SSSR count). The zero-order valence-electron chi connectivity index (χ0n) is 13.8. The van der Waals surface area contributed by atoms with Gasteiger partial charge in [-0.25, -0.2) is 0 Å². The van der Waals surface area contributed by atoms with E-state index in [2.05, 4.69) is 22.8 Å². The molecular formula is C20H20N2O2S. The van der Waals surface area contributed by atoms with E-state index < -0.39 is 0 Å². The Bertz CT molecular complexity index is 789. The van der Waals surface area contributed by atoms with Gasteiger partial charge < -0.3 is 10.6 Å². The SMILES string of the molecule is O=C(CC1Sc2ccccc2NC1=O)NC(c1ccccc1)C1CC1. The number of rotatable bonds is 5. The quantitative estimate of drug-likeness (QED) is 0.861. The van der Waals surface area contributed by atoms with Crippen LogP contribution in [0.5, 0.6) is 0 Å². The Labute approximate surface area is 151 Å². The van der Waals surface area contributed by atoms with Crippen molar-refractivity contribution in [2.24, 2.45) is 5.92 Å². The highest BCUT2D eigenvalue weighted by molar-refractivity contribution is 8.01. The summed E-state index contributed by atoms with van der Waals surface area (Å²) in [6.07, 6.45) is 2.48. The maximum Gasteiger partial charge on any atom is 0.238 e. The molecule has 0 saturated heterocycles. The normalized spacial score (nSPS) is 20.3. The van der Waals surface area contributed by atoms with Gasteiger partial charge in [0.25, 0.3) is 0 Å². The minimum atomic E-state index is -0.384. The Balaban J connectivity index is 1.42. The van der Waals surface area contributed by atoms with Crippen molar-refractivity contribution in [1.82, 2.24) is 5.32 Å². The second-order valence-electron chi connectivity index (χ2n) is 6.59. The summed E-state index contributed by atoms with van der Waals surface area (Å²) < 4.78 is 0. The molecular weight excluding hydrogens is 332 g/mol. The molecule has 0 spiro atoms. The molecule has 2 unspecified atom stereocenters. The predicted molar refractivity (Wildman–Crippen MR) is 99.4 cm³/mol. The highest BCUT2D eigenvalue weighted by Crippen LogP contribution is 2.41. The van der Waals surface area contributed by atoms with E-state index in [-0.39, 0.29) is 29.5 Å². The number of carbonyl (C=O) groups is 2. The summed E-state index contributed by atoms with van der Waals surface area (Å²) in [4.78, 5) is 25.9. The average molecular weight is 352 g/mol. The molecule has 25 heavy (non-hydrogen) atoms. The molecule has 1 heterocycles. The highest BCUT2D eigenvalue weighted by atomic mass is 32.2. The number of amides is 2. The molecule has 128 valence electrons. The molecule has 0 bridgehead atoms. The summed E-state index contributed by atoms with van der Waals surface area (Å²) >= 11 is 1.47. The number of para-hydroxylation sites is 1. The molecule has 2 atom stereocenters. The summed E-state index contributed by atoms with van der Waals surface area (Å²) in [5.41, 5.74) is 1.97. The van der Waals surface area contributed by atoms with Crippen LogP contribution >= 0.6 is 11.8 Å². The van der Waals surface area contributed by atoms with Crippen LogP contribution in [0.4, 0.5) is 5.69 Å². The van der Waals surface area contributed by atoms with E-state index in [1.54, 1.807) is 0 Å². The number of hydrogen-bond acceptors (Lipinski definition) is 3. The highest BCUT2D eigenvalue weighted by Gasteiger charge is 2.35. The summed E-state index contributed by atoms with van der Waals surface area (Å²) in [6, 6.07) is 17.8.